The van der Waals surface area contributed by atoms with Gasteiger partial charge in [-0.3, -0.25) is 4.98 Å². The Morgan fingerprint density at radius 3 is 2.34 bits per heavy atom. The lowest BCUT2D eigenvalue weighted by molar-refractivity contribution is 0.105. The maximum Gasteiger partial charge on any atom is 0.192 e. The summed E-state index contributed by atoms with van der Waals surface area (Å²) in [5.74, 6) is 0.161. The van der Waals surface area contributed by atoms with E-state index in [1.165, 1.54) is 16.7 Å². The van der Waals surface area contributed by atoms with Crippen molar-refractivity contribution < 1.29 is 9.53 Å². The lowest BCUT2D eigenvalue weighted by atomic mass is 9.71. The third kappa shape index (κ3) is 5.55. The Balaban J connectivity index is 2.01. The largest absolute Gasteiger partial charge is 0.410 e. The summed E-state index contributed by atoms with van der Waals surface area (Å²) < 4.78 is 7.23. The number of nitrogens with zero attached hydrogens (tertiary/aromatic N) is 2. The topological polar surface area (TPSA) is 66.1 Å². The zero-order chi connectivity index (χ0) is 28.0. The molecule has 0 saturated carbocycles. The van der Waals surface area contributed by atoms with E-state index in [2.05, 4.69) is 73.7 Å². The molecule has 204 valence electrons. The van der Waals surface area contributed by atoms with E-state index < -0.39 is 14.4 Å². The molecule has 0 spiro atoms. The highest BCUT2D eigenvalue weighted by Crippen LogP contribution is 2.52. The van der Waals surface area contributed by atoms with Crippen LogP contribution in [0, 0.1) is 16.7 Å². The summed E-state index contributed by atoms with van der Waals surface area (Å²) >= 11 is 0. The van der Waals surface area contributed by atoms with Crippen LogP contribution in [0.5, 0.6) is 0 Å². The summed E-state index contributed by atoms with van der Waals surface area (Å²) in [6, 6.07) is 9.54. The van der Waals surface area contributed by atoms with Gasteiger partial charge in [-0.1, -0.05) is 66.7 Å². The van der Waals surface area contributed by atoms with Crippen LogP contribution in [0.2, 0.25) is 18.1 Å². The molecule has 2 aromatic rings. The van der Waals surface area contributed by atoms with Crippen LogP contribution in [0.25, 0.3) is 5.57 Å². The number of fused-ring (bicyclic) bond motifs is 1. The summed E-state index contributed by atoms with van der Waals surface area (Å²) in [5.41, 5.74) is 8.26. The molecule has 4 rings (SSSR count). The minimum Gasteiger partial charge on any atom is -0.410 e. The van der Waals surface area contributed by atoms with Crippen LogP contribution in [0.1, 0.15) is 131 Å². The predicted octanol–water partition coefficient (Wildman–Crippen LogP) is 8.76. The molecule has 0 bridgehead atoms. The summed E-state index contributed by atoms with van der Waals surface area (Å²) in [5, 5.41) is 21.4. The molecule has 1 aromatic carbocycles. The Morgan fingerprint density at radius 2 is 1.82 bits per heavy atom. The molecule has 38 heavy (non-hydrogen) atoms. The van der Waals surface area contributed by atoms with Crippen molar-refractivity contribution in [3.8, 4) is 6.07 Å². The van der Waals surface area contributed by atoms with Gasteiger partial charge in [-0.15, -0.1) is 0 Å². The van der Waals surface area contributed by atoms with Gasteiger partial charge in [0.05, 0.1) is 17.7 Å². The van der Waals surface area contributed by atoms with Crippen molar-refractivity contribution in [1.82, 2.24) is 4.98 Å². The Hall–Kier alpha value is -2.26. The second kappa shape index (κ2) is 10.4. The standard InChI is InChI=1S/C33H46N2O2Si/c1-21(2)30-29(31(36)24-16-14-22(20-34)15-17-24)27(23-12-10-11-13-23)28-25(35-30)18-33(6,7)19-26(28)37-38(8,9)32(3,4)5/h12,14-17,21,26,31,36H,10-11,13,18-19H2,1-9H3. The maximum atomic E-state index is 12.0. The molecule has 0 amide bonds. The van der Waals surface area contributed by atoms with Gasteiger partial charge >= 0.3 is 0 Å². The van der Waals surface area contributed by atoms with Crippen LogP contribution >= 0.6 is 0 Å². The Morgan fingerprint density at radius 1 is 1.16 bits per heavy atom. The third-order valence-electron chi connectivity index (χ3n) is 8.87. The Kier molecular flexibility index (Phi) is 7.84. The monoisotopic (exact) mass is 530 g/mol. The zero-order valence-electron chi connectivity index (χ0n) is 24.9. The Bertz CT molecular complexity index is 1260. The molecular formula is C33H46N2O2Si. The van der Waals surface area contributed by atoms with E-state index in [0.717, 1.165) is 54.6 Å². The van der Waals surface area contributed by atoms with E-state index in [1.807, 2.05) is 12.1 Å². The molecule has 5 heteroatoms. The van der Waals surface area contributed by atoms with E-state index in [1.54, 1.807) is 12.1 Å². The summed E-state index contributed by atoms with van der Waals surface area (Å²) in [4.78, 5) is 5.36. The van der Waals surface area contributed by atoms with Crippen molar-refractivity contribution >= 4 is 13.9 Å². The predicted molar refractivity (Wildman–Crippen MR) is 158 cm³/mol. The molecule has 0 saturated heterocycles. The zero-order valence-corrected chi connectivity index (χ0v) is 25.9. The highest BCUT2D eigenvalue weighted by molar-refractivity contribution is 6.74. The fourth-order valence-corrected chi connectivity index (χ4v) is 7.06. The fourth-order valence-electron chi connectivity index (χ4n) is 5.79. The molecule has 0 radical (unpaired) electrons. The van der Waals surface area contributed by atoms with Crippen LogP contribution in [0.4, 0.5) is 0 Å². The number of aliphatic hydroxyl groups excluding tert-OH is 1. The molecule has 4 nitrogen and oxygen atoms in total. The van der Waals surface area contributed by atoms with Crippen molar-refractivity contribution in [2.75, 3.05) is 0 Å². The van der Waals surface area contributed by atoms with E-state index >= 15 is 0 Å². The molecule has 1 aromatic heterocycles. The highest BCUT2D eigenvalue weighted by atomic mass is 28.4. The number of rotatable bonds is 6. The third-order valence-corrected chi connectivity index (χ3v) is 13.4. The van der Waals surface area contributed by atoms with Crippen LogP contribution in [-0.4, -0.2) is 18.4 Å². The number of pyridine rings is 1. The molecular weight excluding hydrogens is 484 g/mol. The first-order chi connectivity index (χ1) is 17.6. The van der Waals surface area contributed by atoms with Gasteiger partial charge in [-0.05, 0) is 90.4 Å². The van der Waals surface area contributed by atoms with Gasteiger partial charge in [0.25, 0.3) is 0 Å². The SMILES string of the molecule is CC(C)c1nc2c(c(C3=CCCC3)c1C(O)c1ccc(C#N)cc1)C(O[Si](C)(C)C(C)(C)C)CC(C)(C)C2. The first-order valence-electron chi connectivity index (χ1n) is 14.3. The second-order valence-corrected chi connectivity index (χ2v) is 18.7. The van der Waals surface area contributed by atoms with Crippen LogP contribution in [0.3, 0.4) is 0 Å². The maximum absolute atomic E-state index is 12.0. The van der Waals surface area contributed by atoms with Gasteiger partial charge in [0.2, 0.25) is 0 Å². The quantitative estimate of drug-likeness (QED) is 0.379. The molecule has 1 N–H and O–H groups in total. The number of allylic oxidation sites excluding steroid dienone is 2. The molecule has 0 fully saturated rings. The number of hydrogen-bond acceptors (Lipinski definition) is 4. The van der Waals surface area contributed by atoms with Gasteiger partial charge in [0.1, 0.15) is 6.10 Å². The van der Waals surface area contributed by atoms with Crippen molar-refractivity contribution in [1.29, 1.82) is 5.26 Å². The molecule has 2 atom stereocenters. The van der Waals surface area contributed by atoms with Crippen molar-refractivity contribution in [3.05, 3.63) is 69.5 Å². The van der Waals surface area contributed by atoms with E-state index in [4.69, 9.17) is 9.41 Å². The first kappa shape index (κ1) is 28.7. The smallest absolute Gasteiger partial charge is 0.192 e. The molecule has 2 aliphatic carbocycles. The highest BCUT2D eigenvalue weighted by Gasteiger charge is 2.45. The van der Waals surface area contributed by atoms with E-state index in [0.29, 0.717) is 5.56 Å². The second-order valence-electron chi connectivity index (χ2n) is 14.0. The summed E-state index contributed by atoms with van der Waals surface area (Å²) in [7, 11) is -2.08. The number of aliphatic hydroxyl groups is 1. The van der Waals surface area contributed by atoms with Crippen molar-refractivity contribution in [2.45, 2.75) is 117 Å². The minimum absolute atomic E-state index is 0.0493. The number of benzene rings is 1. The van der Waals surface area contributed by atoms with Gasteiger partial charge in [0, 0.05) is 22.5 Å². The van der Waals surface area contributed by atoms with Crippen molar-refractivity contribution in [3.63, 3.8) is 0 Å². The van der Waals surface area contributed by atoms with Crippen LogP contribution < -0.4 is 0 Å². The minimum atomic E-state index is -2.08. The van der Waals surface area contributed by atoms with Gasteiger partial charge in [0.15, 0.2) is 8.32 Å². The van der Waals surface area contributed by atoms with E-state index in [9.17, 15) is 10.4 Å². The van der Waals surface area contributed by atoms with Gasteiger partial charge in [-0.2, -0.15) is 5.26 Å². The molecule has 2 unspecified atom stereocenters. The Labute approximate surface area is 231 Å². The summed E-state index contributed by atoms with van der Waals surface area (Å²) in [6.45, 7) is 20.6. The molecule has 1 heterocycles. The van der Waals surface area contributed by atoms with E-state index in [-0.39, 0.29) is 22.5 Å². The molecule has 0 aliphatic heterocycles. The first-order valence-corrected chi connectivity index (χ1v) is 17.2. The van der Waals surface area contributed by atoms with Gasteiger partial charge < -0.3 is 9.53 Å². The van der Waals surface area contributed by atoms with Crippen LogP contribution in [0.15, 0.2) is 30.3 Å². The fraction of sp³-hybridized carbons (Fsp3) is 0.576. The lowest BCUT2D eigenvalue weighted by Crippen LogP contribution is -2.44. The average Bonchev–Trinajstić information content (AvgIpc) is 3.35. The van der Waals surface area contributed by atoms with Crippen LogP contribution in [-0.2, 0) is 10.8 Å². The number of aromatic nitrogens is 1. The average molecular weight is 531 g/mol. The lowest BCUT2D eigenvalue weighted by Gasteiger charge is -2.45. The van der Waals surface area contributed by atoms with Crippen molar-refractivity contribution in [2.24, 2.45) is 5.41 Å². The number of hydrogen-bond donors (Lipinski definition) is 1. The van der Waals surface area contributed by atoms with Gasteiger partial charge in [-0.25, -0.2) is 0 Å². The normalized spacial score (nSPS) is 20.2. The molecule has 2 aliphatic rings. The summed E-state index contributed by atoms with van der Waals surface area (Å²) in [6.07, 6.45) is 6.57. The number of nitriles is 1.